The molecule has 20 heavy (non-hydrogen) atoms. The van der Waals surface area contributed by atoms with Gasteiger partial charge < -0.3 is 15.0 Å². The van der Waals surface area contributed by atoms with Gasteiger partial charge in [0.15, 0.2) is 0 Å². The number of piperidine rings is 1. The molecule has 2 rings (SSSR count). The normalized spacial score (nSPS) is 17.5. The molecule has 1 aliphatic heterocycles. The van der Waals surface area contributed by atoms with Crippen molar-refractivity contribution in [3.8, 4) is 0 Å². The monoisotopic (exact) mass is 276 g/mol. The lowest BCUT2D eigenvalue weighted by molar-refractivity contribution is 0.0819. The Morgan fingerprint density at radius 1 is 1.15 bits per heavy atom. The Bertz CT molecular complexity index is 400. The molecule has 3 nitrogen and oxygen atoms in total. The Morgan fingerprint density at radius 2 is 1.75 bits per heavy atom. The molecule has 0 atom stereocenters. The first kappa shape index (κ1) is 15.3. The molecule has 1 fully saturated rings. The summed E-state index contributed by atoms with van der Waals surface area (Å²) in [5, 5.41) is 3.52. The summed E-state index contributed by atoms with van der Waals surface area (Å²) in [6.07, 6.45) is 2.70. The van der Waals surface area contributed by atoms with E-state index in [2.05, 4.69) is 55.3 Å². The number of hydrogen-bond donors (Lipinski definition) is 1. The van der Waals surface area contributed by atoms with Crippen molar-refractivity contribution in [3.05, 3.63) is 29.8 Å². The minimum atomic E-state index is 0.167. The van der Waals surface area contributed by atoms with E-state index in [1.807, 2.05) is 7.11 Å². The van der Waals surface area contributed by atoms with Gasteiger partial charge in [-0.05, 0) is 51.3 Å². The van der Waals surface area contributed by atoms with Crippen LogP contribution in [-0.2, 0) is 11.3 Å². The van der Waals surface area contributed by atoms with Crippen LogP contribution in [0.5, 0.6) is 0 Å². The molecule has 0 saturated carbocycles. The van der Waals surface area contributed by atoms with Gasteiger partial charge in [0.2, 0.25) is 0 Å². The second-order valence-corrected chi connectivity index (χ2v) is 6.69. The van der Waals surface area contributed by atoms with E-state index in [9.17, 15) is 0 Å². The lowest BCUT2D eigenvalue weighted by Gasteiger charge is -2.33. The van der Waals surface area contributed by atoms with Crippen molar-refractivity contribution in [1.82, 2.24) is 5.32 Å². The van der Waals surface area contributed by atoms with E-state index in [4.69, 9.17) is 4.74 Å². The maximum absolute atomic E-state index is 5.42. The predicted octanol–water partition coefficient (Wildman–Crippen LogP) is 3.19. The van der Waals surface area contributed by atoms with Crippen molar-refractivity contribution in [1.29, 1.82) is 0 Å². The van der Waals surface area contributed by atoms with E-state index in [1.54, 1.807) is 0 Å². The molecule has 0 amide bonds. The minimum absolute atomic E-state index is 0.167. The average molecular weight is 276 g/mol. The van der Waals surface area contributed by atoms with Gasteiger partial charge in [0.05, 0.1) is 6.10 Å². The molecule has 0 radical (unpaired) electrons. The summed E-state index contributed by atoms with van der Waals surface area (Å²) >= 11 is 0. The molecular formula is C17H28N2O. The van der Waals surface area contributed by atoms with Gasteiger partial charge >= 0.3 is 0 Å². The van der Waals surface area contributed by atoms with E-state index in [1.165, 1.54) is 11.3 Å². The SMILES string of the molecule is COC1CCN(c2ccc(CNC(C)(C)C)cc2)CC1. The maximum Gasteiger partial charge on any atom is 0.0605 e. The Labute approximate surface area is 123 Å². The summed E-state index contributed by atoms with van der Waals surface area (Å²) in [4.78, 5) is 2.45. The topological polar surface area (TPSA) is 24.5 Å². The number of rotatable bonds is 4. The zero-order valence-corrected chi connectivity index (χ0v) is 13.3. The molecular weight excluding hydrogens is 248 g/mol. The van der Waals surface area contributed by atoms with Gasteiger partial charge in [-0.1, -0.05) is 12.1 Å². The molecule has 0 aromatic heterocycles. The number of hydrogen-bond acceptors (Lipinski definition) is 3. The Kier molecular flexibility index (Phi) is 5.06. The zero-order valence-electron chi connectivity index (χ0n) is 13.3. The van der Waals surface area contributed by atoms with Gasteiger partial charge in [-0.25, -0.2) is 0 Å². The van der Waals surface area contributed by atoms with Crippen molar-refractivity contribution in [2.75, 3.05) is 25.1 Å². The third-order valence-electron chi connectivity index (χ3n) is 3.90. The fourth-order valence-corrected chi connectivity index (χ4v) is 2.54. The highest BCUT2D eigenvalue weighted by Gasteiger charge is 2.18. The van der Waals surface area contributed by atoms with Crippen LogP contribution in [0.1, 0.15) is 39.2 Å². The number of ether oxygens (including phenoxy) is 1. The fraction of sp³-hybridized carbons (Fsp3) is 0.647. The zero-order chi connectivity index (χ0) is 14.6. The molecule has 1 aromatic carbocycles. The molecule has 0 unspecified atom stereocenters. The molecule has 1 aliphatic rings. The van der Waals surface area contributed by atoms with Gasteiger partial charge in [-0.2, -0.15) is 0 Å². The number of nitrogens with one attached hydrogen (secondary N) is 1. The largest absolute Gasteiger partial charge is 0.381 e. The van der Waals surface area contributed by atoms with E-state index >= 15 is 0 Å². The molecule has 1 N–H and O–H groups in total. The smallest absolute Gasteiger partial charge is 0.0605 e. The number of methoxy groups -OCH3 is 1. The number of nitrogens with zero attached hydrogens (tertiary/aromatic N) is 1. The van der Waals surface area contributed by atoms with Crippen LogP contribution in [0, 0.1) is 0 Å². The van der Waals surface area contributed by atoms with Gasteiger partial charge in [0, 0.05) is 38.0 Å². The van der Waals surface area contributed by atoms with Gasteiger partial charge in [0.1, 0.15) is 0 Å². The standard InChI is InChI=1S/C17H28N2O/c1-17(2,3)18-13-14-5-7-15(8-6-14)19-11-9-16(20-4)10-12-19/h5-8,16,18H,9-13H2,1-4H3. The fourth-order valence-electron chi connectivity index (χ4n) is 2.54. The summed E-state index contributed by atoms with van der Waals surface area (Å²) in [6.45, 7) is 9.70. The van der Waals surface area contributed by atoms with Gasteiger partial charge in [-0.3, -0.25) is 0 Å². The molecule has 112 valence electrons. The Balaban J connectivity index is 1.88. The highest BCUT2D eigenvalue weighted by atomic mass is 16.5. The van der Waals surface area contributed by atoms with Crippen molar-refractivity contribution in [2.24, 2.45) is 0 Å². The number of anilines is 1. The van der Waals surface area contributed by atoms with Crippen molar-refractivity contribution < 1.29 is 4.74 Å². The molecule has 0 bridgehead atoms. The second-order valence-electron chi connectivity index (χ2n) is 6.69. The first-order chi connectivity index (χ1) is 9.48. The van der Waals surface area contributed by atoms with Crippen LogP contribution in [0.25, 0.3) is 0 Å². The van der Waals surface area contributed by atoms with Crippen LogP contribution in [0.4, 0.5) is 5.69 Å². The number of benzene rings is 1. The third kappa shape index (κ3) is 4.50. The second kappa shape index (κ2) is 6.59. The first-order valence-corrected chi connectivity index (χ1v) is 7.59. The van der Waals surface area contributed by atoms with E-state index in [0.29, 0.717) is 6.10 Å². The summed E-state index contributed by atoms with van der Waals surface area (Å²) in [7, 11) is 1.82. The van der Waals surface area contributed by atoms with E-state index in [0.717, 1.165) is 32.5 Å². The van der Waals surface area contributed by atoms with Gasteiger partial charge in [-0.15, -0.1) is 0 Å². The van der Waals surface area contributed by atoms with E-state index in [-0.39, 0.29) is 5.54 Å². The molecule has 0 spiro atoms. The minimum Gasteiger partial charge on any atom is -0.381 e. The summed E-state index contributed by atoms with van der Waals surface area (Å²) in [5.41, 5.74) is 2.84. The molecule has 1 heterocycles. The average Bonchev–Trinajstić information content (AvgIpc) is 2.45. The summed E-state index contributed by atoms with van der Waals surface area (Å²) in [6, 6.07) is 8.95. The molecule has 3 heteroatoms. The van der Waals surface area contributed by atoms with Crippen LogP contribution in [0.2, 0.25) is 0 Å². The quantitative estimate of drug-likeness (QED) is 0.914. The van der Waals surface area contributed by atoms with Crippen LogP contribution in [-0.4, -0.2) is 31.8 Å². The van der Waals surface area contributed by atoms with Crippen molar-refractivity contribution >= 4 is 5.69 Å². The van der Waals surface area contributed by atoms with Crippen molar-refractivity contribution in [3.63, 3.8) is 0 Å². The van der Waals surface area contributed by atoms with Crippen molar-refractivity contribution in [2.45, 2.75) is 51.8 Å². The summed E-state index contributed by atoms with van der Waals surface area (Å²) < 4.78 is 5.42. The molecule has 1 aromatic rings. The van der Waals surface area contributed by atoms with E-state index < -0.39 is 0 Å². The van der Waals surface area contributed by atoms with Crippen LogP contribution >= 0.6 is 0 Å². The summed E-state index contributed by atoms with van der Waals surface area (Å²) in [5.74, 6) is 0. The van der Waals surface area contributed by atoms with Crippen LogP contribution in [0.15, 0.2) is 24.3 Å². The Morgan fingerprint density at radius 3 is 2.25 bits per heavy atom. The highest BCUT2D eigenvalue weighted by molar-refractivity contribution is 5.48. The molecule has 1 saturated heterocycles. The highest BCUT2D eigenvalue weighted by Crippen LogP contribution is 2.21. The lowest BCUT2D eigenvalue weighted by Crippen LogP contribution is -2.36. The Hall–Kier alpha value is -1.06. The first-order valence-electron chi connectivity index (χ1n) is 7.59. The third-order valence-corrected chi connectivity index (χ3v) is 3.90. The van der Waals surface area contributed by atoms with Gasteiger partial charge in [0.25, 0.3) is 0 Å². The van der Waals surface area contributed by atoms with Crippen LogP contribution in [0.3, 0.4) is 0 Å². The predicted molar refractivity (Wildman–Crippen MR) is 85.3 cm³/mol. The molecule has 0 aliphatic carbocycles. The van der Waals surface area contributed by atoms with Crippen LogP contribution < -0.4 is 10.2 Å². The lowest BCUT2D eigenvalue weighted by atomic mass is 10.1. The maximum atomic E-state index is 5.42.